The standard InChI is InChI=1S/C14H24N4OS2/c1-10(2)8-15-12(19)9-20-14-18-17-13(21-14)16-11-6-4-3-5-7-11/h10-11H,3-9H2,1-2H3,(H,15,19)(H,16,17). The van der Waals surface area contributed by atoms with E-state index in [4.69, 9.17) is 0 Å². The highest BCUT2D eigenvalue weighted by molar-refractivity contribution is 8.01. The molecule has 2 N–H and O–H groups in total. The van der Waals surface area contributed by atoms with Gasteiger partial charge in [-0.25, -0.2) is 0 Å². The summed E-state index contributed by atoms with van der Waals surface area (Å²) in [5.41, 5.74) is 0. The van der Waals surface area contributed by atoms with Crippen molar-refractivity contribution in [3.63, 3.8) is 0 Å². The largest absolute Gasteiger partial charge is 0.357 e. The molecule has 0 bridgehead atoms. The van der Waals surface area contributed by atoms with Crippen LogP contribution in [0.4, 0.5) is 5.13 Å². The molecule has 1 heterocycles. The fraction of sp³-hybridized carbons (Fsp3) is 0.786. The van der Waals surface area contributed by atoms with E-state index in [0.717, 1.165) is 16.0 Å². The van der Waals surface area contributed by atoms with Gasteiger partial charge in [-0.1, -0.05) is 56.2 Å². The van der Waals surface area contributed by atoms with Crippen LogP contribution < -0.4 is 10.6 Å². The van der Waals surface area contributed by atoms with Crippen molar-refractivity contribution < 1.29 is 4.79 Å². The molecule has 7 heteroatoms. The average Bonchev–Trinajstić information content (AvgIpc) is 2.91. The third kappa shape index (κ3) is 6.22. The lowest BCUT2D eigenvalue weighted by Gasteiger charge is -2.21. The predicted molar refractivity (Wildman–Crippen MR) is 89.0 cm³/mol. The van der Waals surface area contributed by atoms with E-state index >= 15 is 0 Å². The lowest BCUT2D eigenvalue weighted by molar-refractivity contribution is -0.118. The second kappa shape index (κ2) is 8.58. The molecule has 5 nitrogen and oxygen atoms in total. The highest BCUT2D eigenvalue weighted by atomic mass is 32.2. The summed E-state index contributed by atoms with van der Waals surface area (Å²) in [5.74, 6) is 0.947. The maximum absolute atomic E-state index is 11.7. The third-order valence-electron chi connectivity index (χ3n) is 3.37. The van der Waals surface area contributed by atoms with E-state index in [-0.39, 0.29) is 5.91 Å². The lowest BCUT2D eigenvalue weighted by atomic mass is 9.96. The Labute approximate surface area is 134 Å². The number of thioether (sulfide) groups is 1. The molecule has 2 rings (SSSR count). The second-order valence-electron chi connectivity index (χ2n) is 5.84. The molecule has 1 aliphatic rings. The van der Waals surface area contributed by atoms with E-state index in [2.05, 4.69) is 34.7 Å². The van der Waals surface area contributed by atoms with E-state index in [1.807, 2.05) is 0 Å². The third-order valence-corrected chi connectivity index (χ3v) is 5.36. The molecule has 0 atom stereocenters. The molecule has 21 heavy (non-hydrogen) atoms. The van der Waals surface area contributed by atoms with Crippen LogP contribution >= 0.6 is 23.1 Å². The normalized spacial score (nSPS) is 16.1. The number of aromatic nitrogens is 2. The van der Waals surface area contributed by atoms with Crippen molar-refractivity contribution >= 4 is 34.1 Å². The highest BCUT2D eigenvalue weighted by Crippen LogP contribution is 2.28. The van der Waals surface area contributed by atoms with E-state index < -0.39 is 0 Å². The zero-order chi connectivity index (χ0) is 15.1. The molecule has 0 radical (unpaired) electrons. The van der Waals surface area contributed by atoms with Gasteiger partial charge in [-0.3, -0.25) is 4.79 Å². The minimum atomic E-state index is 0.0608. The lowest BCUT2D eigenvalue weighted by Crippen LogP contribution is -2.28. The van der Waals surface area contributed by atoms with Gasteiger partial charge < -0.3 is 10.6 Å². The number of nitrogens with zero attached hydrogens (tertiary/aromatic N) is 2. The van der Waals surface area contributed by atoms with E-state index in [1.165, 1.54) is 43.9 Å². The minimum absolute atomic E-state index is 0.0608. The van der Waals surface area contributed by atoms with Gasteiger partial charge in [-0.05, 0) is 18.8 Å². The fourth-order valence-corrected chi connectivity index (χ4v) is 3.90. The summed E-state index contributed by atoms with van der Waals surface area (Å²) in [6, 6.07) is 0.541. The second-order valence-corrected chi connectivity index (χ2v) is 8.04. The van der Waals surface area contributed by atoms with Gasteiger partial charge in [0.15, 0.2) is 4.34 Å². The Bertz CT molecular complexity index is 444. The van der Waals surface area contributed by atoms with Gasteiger partial charge in [-0.15, -0.1) is 10.2 Å². The summed E-state index contributed by atoms with van der Waals surface area (Å²) in [6.07, 6.45) is 6.39. The van der Waals surface area contributed by atoms with Crippen LogP contribution in [0.1, 0.15) is 46.0 Å². The van der Waals surface area contributed by atoms with Gasteiger partial charge in [0.05, 0.1) is 5.75 Å². The van der Waals surface area contributed by atoms with Crippen LogP contribution in [0.3, 0.4) is 0 Å². The van der Waals surface area contributed by atoms with Crippen LogP contribution in [-0.4, -0.2) is 34.4 Å². The minimum Gasteiger partial charge on any atom is -0.357 e. The Balaban J connectivity index is 1.71. The summed E-state index contributed by atoms with van der Waals surface area (Å²) in [4.78, 5) is 11.7. The summed E-state index contributed by atoms with van der Waals surface area (Å²) in [6.45, 7) is 4.90. The maximum atomic E-state index is 11.7. The highest BCUT2D eigenvalue weighted by Gasteiger charge is 2.15. The number of amides is 1. The molecule has 1 amide bonds. The number of rotatable bonds is 7. The Hall–Kier alpha value is -0.820. The van der Waals surface area contributed by atoms with Gasteiger partial charge in [0.25, 0.3) is 0 Å². The number of carbonyl (C=O) groups is 1. The Morgan fingerprint density at radius 3 is 2.81 bits per heavy atom. The number of nitrogens with one attached hydrogen (secondary N) is 2. The maximum Gasteiger partial charge on any atom is 0.230 e. The number of anilines is 1. The van der Waals surface area contributed by atoms with Crippen molar-refractivity contribution in [1.29, 1.82) is 0 Å². The van der Waals surface area contributed by atoms with Crippen LogP contribution in [0.25, 0.3) is 0 Å². The number of carbonyl (C=O) groups excluding carboxylic acids is 1. The monoisotopic (exact) mass is 328 g/mol. The molecular weight excluding hydrogens is 304 g/mol. The molecule has 118 valence electrons. The first-order valence-corrected chi connectivity index (χ1v) is 9.43. The van der Waals surface area contributed by atoms with Crippen molar-refractivity contribution in [1.82, 2.24) is 15.5 Å². The topological polar surface area (TPSA) is 66.9 Å². The van der Waals surface area contributed by atoms with Crippen LogP contribution in [0.2, 0.25) is 0 Å². The first-order valence-electron chi connectivity index (χ1n) is 7.63. The van der Waals surface area contributed by atoms with Gasteiger partial charge in [0, 0.05) is 12.6 Å². The van der Waals surface area contributed by atoms with E-state index in [9.17, 15) is 4.79 Å². The van der Waals surface area contributed by atoms with Crippen molar-refractivity contribution in [2.75, 3.05) is 17.6 Å². The first-order chi connectivity index (χ1) is 10.1. The summed E-state index contributed by atoms with van der Waals surface area (Å²) >= 11 is 3.00. The summed E-state index contributed by atoms with van der Waals surface area (Å²) in [7, 11) is 0. The predicted octanol–water partition coefficient (Wildman–Crippen LogP) is 3.15. The SMILES string of the molecule is CC(C)CNC(=O)CSc1nnc(NC2CCCCC2)s1. The van der Waals surface area contributed by atoms with Crippen LogP contribution in [0.5, 0.6) is 0 Å². The quantitative estimate of drug-likeness (QED) is 0.753. The molecule has 0 spiro atoms. The Morgan fingerprint density at radius 1 is 1.33 bits per heavy atom. The summed E-state index contributed by atoms with van der Waals surface area (Å²) < 4.78 is 0.855. The molecule has 0 saturated heterocycles. The molecule has 0 unspecified atom stereocenters. The number of hydrogen-bond donors (Lipinski definition) is 2. The number of hydrogen-bond acceptors (Lipinski definition) is 6. The Kier molecular flexibility index (Phi) is 6.76. The van der Waals surface area contributed by atoms with Crippen LogP contribution in [-0.2, 0) is 4.79 Å². The molecule has 0 aromatic carbocycles. The molecular formula is C14H24N4OS2. The summed E-state index contributed by atoms with van der Waals surface area (Å²) in [5, 5.41) is 15.6. The van der Waals surface area contributed by atoms with E-state index in [0.29, 0.717) is 17.7 Å². The van der Waals surface area contributed by atoms with Crippen molar-refractivity contribution in [3.05, 3.63) is 0 Å². The van der Waals surface area contributed by atoms with Crippen LogP contribution in [0, 0.1) is 5.92 Å². The molecule has 1 aromatic heterocycles. The average molecular weight is 329 g/mol. The molecule has 1 aliphatic carbocycles. The van der Waals surface area contributed by atoms with Gasteiger partial charge in [0.2, 0.25) is 11.0 Å². The smallest absolute Gasteiger partial charge is 0.230 e. The van der Waals surface area contributed by atoms with Gasteiger partial charge >= 0.3 is 0 Å². The zero-order valence-corrected chi connectivity index (χ0v) is 14.4. The molecule has 1 saturated carbocycles. The van der Waals surface area contributed by atoms with Gasteiger partial charge in [-0.2, -0.15) is 0 Å². The molecule has 1 aromatic rings. The zero-order valence-electron chi connectivity index (χ0n) is 12.7. The van der Waals surface area contributed by atoms with Crippen molar-refractivity contribution in [2.24, 2.45) is 5.92 Å². The first kappa shape index (κ1) is 16.5. The van der Waals surface area contributed by atoms with Gasteiger partial charge in [0.1, 0.15) is 0 Å². The molecule has 1 fully saturated rings. The fourth-order valence-electron chi connectivity index (χ4n) is 2.24. The molecule has 0 aliphatic heterocycles. The Morgan fingerprint density at radius 2 is 2.10 bits per heavy atom. The van der Waals surface area contributed by atoms with E-state index in [1.54, 1.807) is 11.3 Å². The van der Waals surface area contributed by atoms with Crippen LogP contribution in [0.15, 0.2) is 4.34 Å². The van der Waals surface area contributed by atoms with Crippen molar-refractivity contribution in [3.8, 4) is 0 Å². The van der Waals surface area contributed by atoms with Crippen molar-refractivity contribution in [2.45, 2.75) is 56.3 Å².